The minimum absolute atomic E-state index is 0.0166. The number of carboxylic acids is 1. The fourth-order valence-corrected chi connectivity index (χ4v) is 5.91. The Balaban J connectivity index is 1.25. The summed E-state index contributed by atoms with van der Waals surface area (Å²) in [6.45, 7) is 3.04. The maximum absolute atomic E-state index is 12.1. The van der Waals surface area contributed by atoms with Gasteiger partial charge in [0.25, 0.3) is 0 Å². The van der Waals surface area contributed by atoms with Gasteiger partial charge in [-0.15, -0.1) is 0 Å². The minimum Gasteiger partial charge on any atom is -0.481 e. The van der Waals surface area contributed by atoms with Crippen LogP contribution in [0.2, 0.25) is 0 Å². The van der Waals surface area contributed by atoms with E-state index in [1.54, 1.807) is 0 Å². The lowest BCUT2D eigenvalue weighted by molar-refractivity contribution is -0.276. The van der Waals surface area contributed by atoms with Gasteiger partial charge in [0.1, 0.15) is 0 Å². The number of hydrogen-bond acceptors (Lipinski definition) is 6. The average molecular weight is 620 g/mol. The maximum atomic E-state index is 12.1. The molecule has 1 saturated heterocycles. The lowest BCUT2D eigenvalue weighted by Crippen LogP contribution is -2.39. The summed E-state index contributed by atoms with van der Waals surface area (Å²) in [6, 6.07) is 31.9. The van der Waals surface area contributed by atoms with Gasteiger partial charge in [-0.25, -0.2) is 4.98 Å². The number of rotatable bonds is 11. The first-order valence-electron chi connectivity index (χ1n) is 15.5. The number of aliphatic hydroxyl groups is 1. The molecule has 1 fully saturated rings. The number of aromatic nitrogens is 2. The molecule has 2 heterocycles. The molecule has 5 aromatic rings. The molecule has 6 rings (SSSR count). The summed E-state index contributed by atoms with van der Waals surface area (Å²) in [6.07, 6.45) is 0.547. The quantitative estimate of drug-likeness (QED) is 0.162. The lowest BCUT2D eigenvalue weighted by atomic mass is 9.90. The molecule has 1 aromatic heterocycles. The van der Waals surface area contributed by atoms with Gasteiger partial charge in [-0.2, -0.15) is 0 Å². The first kappa shape index (κ1) is 31.2. The Morgan fingerprint density at radius 1 is 0.848 bits per heavy atom. The number of aliphatic carboxylic acids is 1. The average Bonchev–Trinajstić information content (AvgIpc) is 3.50. The van der Waals surface area contributed by atoms with Crippen molar-refractivity contribution in [3.63, 3.8) is 0 Å². The number of ether oxygens (including phenoxy) is 2. The zero-order chi connectivity index (χ0) is 32.0. The summed E-state index contributed by atoms with van der Waals surface area (Å²) in [7, 11) is 0. The molecule has 0 radical (unpaired) electrons. The van der Waals surface area contributed by atoms with E-state index >= 15 is 0 Å². The van der Waals surface area contributed by atoms with E-state index in [0.29, 0.717) is 13.1 Å². The van der Waals surface area contributed by atoms with Gasteiger partial charge in [0.05, 0.1) is 49.1 Å². The number of benzene rings is 4. The number of aliphatic hydroxyl groups excluding tert-OH is 1. The number of fused-ring (bicyclic) bond motifs is 1. The molecule has 0 unspecified atom stereocenters. The van der Waals surface area contributed by atoms with Crippen LogP contribution < -0.4 is 5.32 Å². The molecule has 46 heavy (non-hydrogen) atoms. The summed E-state index contributed by atoms with van der Waals surface area (Å²) >= 11 is 0. The third-order valence-electron chi connectivity index (χ3n) is 8.50. The molecule has 9 nitrogen and oxygen atoms in total. The maximum Gasteiger partial charge on any atom is 0.303 e. The minimum atomic E-state index is -0.995. The molecule has 0 aliphatic carbocycles. The summed E-state index contributed by atoms with van der Waals surface area (Å²) in [5.41, 5.74) is 7.59. The summed E-state index contributed by atoms with van der Waals surface area (Å²) in [4.78, 5) is 27.4. The normalized spacial score (nSPS) is 19.6. The standard InChI is InChI=1S/C37H37N3O6/c1-24-33(21-40-23-39-31-10-2-3-11-32(31)40)45-37(46-36(24)27-14-12-25(22-41)13-15-27)30-9-5-8-29(19-30)28-7-4-6-26(18-28)20-38-34(42)16-17-35(43)44/h2-15,18-19,23-24,33,36-37,41H,16-17,20-22H2,1H3,(H,38,42)(H,43,44)/t24-,33+,36+,37+/m0/s1. The molecule has 0 spiro atoms. The molecule has 236 valence electrons. The molecular weight excluding hydrogens is 582 g/mol. The molecule has 3 N–H and O–H groups in total. The highest BCUT2D eigenvalue weighted by Crippen LogP contribution is 2.43. The summed E-state index contributed by atoms with van der Waals surface area (Å²) < 4.78 is 15.6. The molecule has 1 aliphatic heterocycles. The first-order chi connectivity index (χ1) is 22.4. The number of carboxylic acid groups (broad SMARTS) is 1. The number of amides is 1. The second-order valence-electron chi connectivity index (χ2n) is 11.7. The Morgan fingerprint density at radius 3 is 2.39 bits per heavy atom. The lowest BCUT2D eigenvalue weighted by Gasteiger charge is -2.41. The predicted octanol–water partition coefficient (Wildman–Crippen LogP) is 6.17. The highest BCUT2D eigenvalue weighted by Gasteiger charge is 2.38. The van der Waals surface area contributed by atoms with Crippen LogP contribution in [0, 0.1) is 5.92 Å². The molecule has 1 aliphatic rings. The van der Waals surface area contributed by atoms with Gasteiger partial charge in [-0.05, 0) is 52.1 Å². The SMILES string of the molecule is C[C@H]1[C@@H](Cn2cnc3ccccc32)O[C@@H](c2cccc(-c3cccc(CNC(=O)CCC(=O)O)c3)c2)O[C@H]1c1ccc(CO)cc1. The van der Waals surface area contributed by atoms with Crippen LogP contribution in [0.3, 0.4) is 0 Å². The van der Waals surface area contributed by atoms with Crippen molar-refractivity contribution in [1.29, 1.82) is 0 Å². The Labute approximate surface area is 267 Å². The van der Waals surface area contributed by atoms with Crippen molar-refractivity contribution in [2.75, 3.05) is 0 Å². The summed E-state index contributed by atoms with van der Waals surface area (Å²) in [5.74, 6) is -1.28. The van der Waals surface area contributed by atoms with Crippen molar-refractivity contribution in [2.45, 2.75) is 58.0 Å². The van der Waals surface area contributed by atoms with Crippen molar-refractivity contribution >= 4 is 22.9 Å². The second-order valence-corrected chi connectivity index (χ2v) is 11.7. The molecule has 1 amide bonds. The Morgan fingerprint density at radius 2 is 1.61 bits per heavy atom. The highest BCUT2D eigenvalue weighted by atomic mass is 16.7. The Kier molecular flexibility index (Phi) is 9.54. The van der Waals surface area contributed by atoms with Gasteiger partial charge >= 0.3 is 5.97 Å². The number of carbonyl (C=O) groups excluding carboxylic acids is 1. The van der Waals surface area contributed by atoms with Gasteiger partial charge in [-0.3, -0.25) is 9.59 Å². The van der Waals surface area contributed by atoms with E-state index in [1.807, 2.05) is 91.3 Å². The van der Waals surface area contributed by atoms with E-state index in [1.165, 1.54) is 0 Å². The Bertz CT molecular complexity index is 1820. The molecule has 0 saturated carbocycles. The molecular formula is C37H37N3O6. The van der Waals surface area contributed by atoms with E-state index in [2.05, 4.69) is 33.9 Å². The predicted molar refractivity (Wildman–Crippen MR) is 173 cm³/mol. The van der Waals surface area contributed by atoms with Gasteiger partial charge in [0.2, 0.25) is 5.91 Å². The van der Waals surface area contributed by atoms with E-state index < -0.39 is 12.3 Å². The number of imidazole rings is 1. The number of nitrogens with one attached hydrogen (secondary N) is 1. The monoisotopic (exact) mass is 619 g/mol. The molecule has 0 bridgehead atoms. The van der Waals surface area contributed by atoms with Crippen LogP contribution in [-0.4, -0.2) is 37.7 Å². The van der Waals surface area contributed by atoms with Crippen LogP contribution in [0.5, 0.6) is 0 Å². The number of para-hydroxylation sites is 2. The molecule has 4 atom stereocenters. The molecule has 4 aromatic carbocycles. The van der Waals surface area contributed by atoms with Gasteiger partial charge < -0.3 is 29.6 Å². The van der Waals surface area contributed by atoms with Crippen LogP contribution in [0.15, 0.2) is 103 Å². The van der Waals surface area contributed by atoms with Gasteiger partial charge in [0, 0.05) is 24.4 Å². The fourth-order valence-electron chi connectivity index (χ4n) is 5.91. The smallest absolute Gasteiger partial charge is 0.303 e. The van der Waals surface area contributed by atoms with Crippen molar-refractivity contribution < 1.29 is 29.3 Å². The van der Waals surface area contributed by atoms with Gasteiger partial charge in [-0.1, -0.05) is 79.7 Å². The molecule has 9 heteroatoms. The zero-order valence-electron chi connectivity index (χ0n) is 25.6. The fraction of sp³-hybridized carbons (Fsp3) is 0.270. The Hall–Kier alpha value is -4.83. The van der Waals surface area contributed by atoms with E-state index in [-0.39, 0.29) is 43.5 Å². The largest absolute Gasteiger partial charge is 0.481 e. The third-order valence-corrected chi connectivity index (χ3v) is 8.50. The zero-order valence-corrected chi connectivity index (χ0v) is 25.6. The van der Waals surface area contributed by atoms with Crippen molar-refractivity contribution in [3.05, 3.63) is 126 Å². The summed E-state index contributed by atoms with van der Waals surface area (Å²) in [5, 5.41) is 21.2. The second kappa shape index (κ2) is 14.1. The van der Waals surface area contributed by atoms with E-state index in [0.717, 1.165) is 44.4 Å². The van der Waals surface area contributed by atoms with Gasteiger partial charge in [0.15, 0.2) is 6.29 Å². The van der Waals surface area contributed by atoms with Crippen LogP contribution in [0.25, 0.3) is 22.2 Å². The number of hydrogen-bond donors (Lipinski definition) is 3. The van der Waals surface area contributed by atoms with Crippen molar-refractivity contribution in [2.24, 2.45) is 5.92 Å². The van der Waals surface area contributed by atoms with Crippen LogP contribution in [0.4, 0.5) is 0 Å². The highest BCUT2D eigenvalue weighted by molar-refractivity contribution is 5.80. The van der Waals surface area contributed by atoms with Crippen LogP contribution >= 0.6 is 0 Å². The van der Waals surface area contributed by atoms with E-state index in [4.69, 9.17) is 14.6 Å². The van der Waals surface area contributed by atoms with Crippen LogP contribution in [0.1, 0.15) is 54.4 Å². The third kappa shape index (κ3) is 7.18. The topological polar surface area (TPSA) is 123 Å². The van der Waals surface area contributed by atoms with Crippen molar-refractivity contribution in [1.82, 2.24) is 14.9 Å². The van der Waals surface area contributed by atoms with E-state index in [9.17, 15) is 14.7 Å². The van der Waals surface area contributed by atoms with Crippen LogP contribution in [-0.2, 0) is 38.8 Å². The number of nitrogens with zero attached hydrogens (tertiary/aromatic N) is 2. The van der Waals surface area contributed by atoms with Crippen molar-refractivity contribution in [3.8, 4) is 11.1 Å². The number of carbonyl (C=O) groups is 2. The first-order valence-corrected chi connectivity index (χ1v) is 15.5.